The van der Waals surface area contributed by atoms with Crippen LogP contribution in [0.3, 0.4) is 0 Å². The van der Waals surface area contributed by atoms with Crippen molar-refractivity contribution in [1.82, 2.24) is 4.90 Å². The van der Waals surface area contributed by atoms with Gasteiger partial charge in [-0.2, -0.15) is 0 Å². The summed E-state index contributed by atoms with van der Waals surface area (Å²) in [7, 11) is 0. The molecule has 1 aliphatic heterocycles. The van der Waals surface area contributed by atoms with Crippen LogP contribution < -0.4 is 0 Å². The van der Waals surface area contributed by atoms with Crippen LogP contribution in [0.1, 0.15) is 44.2 Å². The lowest BCUT2D eigenvalue weighted by atomic mass is 9.73. The number of benzene rings is 2. The summed E-state index contributed by atoms with van der Waals surface area (Å²) in [4.78, 5) is 40.3. The van der Waals surface area contributed by atoms with Crippen molar-refractivity contribution >= 4 is 17.8 Å². The fourth-order valence-electron chi connectivity index (χ4n) is 4.47. The standard InChI is InChI=1S/C26H31NO5/c1-3-19(2)26(25(31)32-18-21-12-8-5-9-13-21)16-17-27(24(26)30)22(23(28)29)15-14-20-10-6-4-7-11-20/h4-13,19,22H,3,14-18H2,1-2H3,(H,28,29)/t19-,22?,26?/m1/s1. The van der Waals surface area contributed by atoms with Crippen molar-refractivity contribution in [3.63, 3.8) is 0 Å². The molecule has 3 atom stereocenters. The summed E-state index contributed by atoms with van der Waals surface area (Å²) in [5, 5.41) is 9.88. The predicted molar refractivity (Wildman–Crippen MR) is 121 cm³/mol. The number of hydrogen-bond acceptors (Lipinski definition) is 4. The highest BCUT2D eigenvalue weighted by molar-refractivity contribution is 6.05. The maximum Gasteiger partial charge on any atom is 0.326 e. The summed E-state index contributed by atoms with van der Waals surface area (Å²) in [6.45, 7) is 4.11. The second-order valence-electron chi connectivity index (χ2n) is 8.47. The minimum atomic E-state index is -1.34. The number of hydrogen-bond donors (Lipinski definition) is 1. The SMILES string of the molecule is CC[C@@H](C)C1(C(=O)OCc2ccccc2)CCN(C(CCc2ccccc2)C(=O)O)C1=O. The number of likely N-dealkylation sites (tertiary alicyclic amines) is 1. The van der Waals surface area contributed by atoms with E-state index in [0.29, 0.717) is 19.3 Å². The van der Waals surface area contributed by atoms with Crippen LogP contribution in [0.15, 0.2) is 60.7 Å². The summed E-state index contributed by atoms with van der Waals surface area (Å²) >= 11 is 0. The van der Waals surface area contributed by atoms with Crippen LogP contribution in [0.25, 0.3) is 0 Å². The highest BCUT2D eigenvalue weighted by Gasteiger charge is 2.58. The number of carbonyl (C=O) groups is 3. The number of esters is 1. The first-order valence-corrected chi connectivity index (χ1v) is 11.2. The molecule has 6 heteroatoms. The van der Waals surface area contributed by atoms with E-state index in [2.05, 4.69) is 0 Å². The topological polar surface area (TPSA) is 83.9 Å². The van der Waals surface area contributed by atoms with Crippen molar-refractivity contribution in [1.29, 1.82) is 0 Å². The number of nitrogens with zero attached hydrogens (tertiary/aromatic N) is 1. The molecule has 2 aromatic carbocycles. The molecule has 0 aliphatic carbocycles. The van der Waals surface area contributed by atoms with E-state index < -0.39 is 29.3 Å². The Labute approximate surface area is 189 Å². The van der Waals surface area contributed by atoms with E-state index in [4.69, 9.17) is 4.74 Å². The van der Waals surface area contributed by atoms with Gasteiger partial charge in [0.1, 0.15) is 12.6 Å². The first-order valence-electron chi connectivity index (χ1n) is 11.2. The average Bonchev–Trinajstić information content (AvgIpc) is 3.16. The first-order chi connectivity index (χ1) is 15.4. The van der Waals surface area contributed by atoms with Crippen molar-refractivity contribution in [2.75, 3.05) is 6.54 Å². The van der Waals surface area contributed by atoms with Gasteiger partial charge in [0.15, 0.2) is 5.41 Å². The Morgan fingerprint density at radius 2 is 1.66 bits per heavy atom. The third-order valence-electron chi connectivity index (χ3n) is 6.63. The Morgan fingerprint density at radius 1 is 1.06 bits per heavy atom. The number of carbonyl (C=O) groups excluding carboxylic acids is 2. The molecule has 0 spiro atoms. The lowest BCUT2D eigenvalue weighted by Crippen LogP contribution is -2.50. The van der Waals surface area contributed by atoms with E-state index >= 15 is 0 Å². The number of carboxylic acid groups (broad SMARTS) is 1. The Hall–Kier alpha value is -3.15. The van der Waals surface area contributed by atoms with Gasteiger partial charge in [0, 0.05) is 6.54 Å². The number of ether oxygens (including phenoxy) is 1. The lowest BCUT2D eigenvalue weighted by Gasteiger charge is -2.32. The molecule has 0 bridgehead atoms. The van der Waals surface area contributed by atoms with Crippen LogP contribution in [0, 0.1) is 11.3 Å². The zero-order valence-corrected chi connectivity index (χ0v) is 18.7. The molecule has 6 nitrogen and oxygen atoms in total. The largest absolute Gasteiger partial charge is 0.480 e. The third kappa shape index (κ3) is 4.85. The molecular formula is C26H31NO5. The van der Waals surface area contributed by atoms with Gasteiger partial charge in [-0.05, 0) is 36.3 Å². The van der Waals surface area contributed by atoms with Crippen LogP contribution in [0.4, 0.5) is 0 Å². The number of aliphatic carboxylic acids is 1. The maximum absolute atomic E-state index is 13.6. The molecule has 1 saturated heterocycles. The molecule has 0 radical (unpaired) electrons. The monoisotopic (exact) mass is 437 g/mol. The average molecular weight is 438 g/mol. The van der Waals surface area contributed by atoms with Crippen LogP contribution in [-0.4, -0.2) is 40.4 Å². The zero-order valence-electron chi connectivity index (χ0n) is 18.7. The number of amides is 1. The number of aryl methyl sites for hydroxylation is 1. The van der Waals surface area contributed by atoms with Gasteiger partial charge in [0.05, 0.1) is 0 Å². The molecule has 2 unspecified atom stereocenters. The molecule has 3 rings (SSSR count). The van der Waals surface area contributed by atoms with E-state index in [1.165, 1.54) is 4.90 Å². The molecule has 32 heavy (non-hydrogen) atoms. The van der Waals surface area contributed by atoms with E-state index in [0.717, 1.165) is 11.1 Å². The second-order valence-corrected chi connectivity index (χ2v) is 8.47. The lowest BCUT2D eigenvalue weighted by molar-refractivity contribution is -0.168. The third-order valence-corrected chi connectivity index (χ3v) is 6.63. The summed E-state index contributed by atoms with van der Waals surface area (Å²) in [6.07, 6.45) is 1.71. The van der Waals surface area contributed by atoms with Gasteiger partial charge in [0.2, 0.25) is 5.91 Å². The molecule has 0 saturated carbocycles. The zero-order chi connectivity index (χ0) is 23.1. The van der Waals surface area contributed by atoms with Crippen molar-refractivity contribution < 1.29 is 24.2 Å². The fourth-order valence-corrected chi connectivity index (χ4v) is 4.47. The fraction of sp³-hybridized carbons (Fsp3) is 0.423. The first kappa shape index (κ1) is 23.5. The minimum Gasteiger partial charge on any atom is -0.480 e. The molecular weight excluding hydrogens is 406 g/mol. The van der Waals surface area contributed by atoms with Crippen molar-refractivity contribution in [3.05, 3.63) is 71.8 Å². The Bertz CT molecular complexity index is 930. The quantitative estimate of drug-likeness (QED) is 0.447. The van der Waals surface area contributed by atoms with Crippen molar-refractivity contribution in [3.8, 4) is 0 Å². The van der Waals surface area contributed by atoms with Gasteiger partial charge in [-0.1, -0.05) is 80.9 Å². The summed E-state index contributed by atoms with van der Waals surface area (Å²) < 4.78 is 5.59. The Morgan fingerprint density at radius 3 is 2.22 bits per heavy atom. The second kappa shape index (κ2) is 10.4. The van der Waals surface area contributed by atoms with Gasteiger partial charge in [-0.3, -0.25) is 9.59 Å². The summed E-state index contributed by atoms with van der Waals surface area (Å²) in [6, 6.07) is 17.9. The molecule has 1 fully saturated rings. The van der Waals surface area contributed by atoms with Crippen LogP contribution >= 0.6 is 0 Å². The van der Waals surface area contributed by atoms with Gasteiger partial charge in [-0.25, -0.2) is 4.79 Å². The van der Waals surface area contributed by atoms with E-state index in [9.17, 15) is 19.5 Å². The molecule has 1 amide bonds. The molecule has 0 aromatic heterocycles. The Kier molecular flexibility index (Phi) is 7.67. The maximum atomic E-state index is 13.6. The van der Waals surface area contributed by atoms with Crippen molar-refractivity contribution in [2.24, 2.45) is 11.3 Å². The van der Waals surface area contributed by atoms with Gasteiger partial charge in [-0.15, -0.1) is 0 Å². The molecule has 170 valence electrons. The summed E-state index contributed by atoms with van der Waals surface area (Å²) in [5.74, 6) is -2.29. The highest BCUT2D eigenvalue weighted by atomic mass is 16.5. The molecule has 1 aliphatic rings. The molecule has 2 aromatic rings. The van der Waals surface area contributed by atoms with Crippen LogP contribution in [-0.2, 0) is 32.1 Å². The van der Waals surface area contributed by atoms with Crippen LogP contribution in [0.2, 0.25) is 0 Å². The molecule has 1 heterocycles. The minimum absolute atomic E-state index is 0.0848. The predicted octanol–water partition coefficient (Wildman–Crippen LogP) is 4.08. The number of carboxylic acids is 1. The van der Waals surface area contributed by atoms with E-state index in [1.54, 1.807) is 0 Å². The van der Waals surface area contributed by atoms with Crippen LogP contribution in [0.5, 0.6) is 0 Å². The Balaban J connectivity index is 1.78. The van der Waals surface area contributed by atoms with Gasteiger partial charge >= 0.3 is 11.9 Å². The number of rotatable bonds is 10. The van der Waals surface area contributed by atoms with Gasteiger partial charge < -0.3 is 14.7 Å². The highest BCUT2D eigenvalue weighted by Crippen LogP contribution is 2.43. The van der Waals surface area contributed by atoms with E-state index in [1.807, 2.05) is 74.5 Å². The normalized spacial score (nSPS) is 20.1. The van der Waals surface area contributed by atoms with E-state index in [-0.39, 0.29) is 25.5 Å². The van der Waals surface area contributed by atoms with Gasteiger partial charge in [0.25, 0.3) is 0 Å². The summed E-state index contributed by atoms with van der Waals surface area (Å²) in [5.41, 5.74) is 0.513. The smallest absolute Gasteiger partial charge is 0.326 e. The van der Waals surface area contributed by atoms with Crippen molar-refractivity contribution in [2.45, 2.75) is 52.2 Å². The molecule has 1 N–H and O–H groups in total.